The molecule has 226 valence electrons. The molecular formula is C46H35BSi. The van der Waals surface area contributed by atoms with Crippen molar-refractivity contribution < 1.29 is 0 Å². The van der Waals surface area contributed by atoms with Gasteiger partial charge in [0.15, 0.2) is 8.07 Å². The van der Waals surface area contributed by atoms with Gasteiger partial charge in [0.2, 0.25) is 6.71 Å². The maximum Gasteiger partial charge on any atom is 0.243 e. The van der Waals surface area contributed by atoms with Gasteiger partial charge in [0.05, 0.1) is 0 Å². The summed E-state index contributed by atoms with van der Waals surface area (Å²) in [6.45, 7) is 2.60. The summed E-state index contributed by atoms with van der Waals surface area (Å²) in [5.41, 5.74) is 17.8. The predicted octanol–water partition coefficient (Wildman–Crippen LogP) is 5.27. The highest BCUT2D eigenvalue weighted by Gasteiger charge is 2.43. The van der Waals surface area contributed by atoms with Gasteiger partial charge in [0.1, 0.15) is 0 Å². The lowest BCUT2D eigenvalue weighted by Gasteiger charge is -2.39. The van der Waals surface area contributed by atoms with Gasteiger partial charge in [0.25, 0.3) is 0 Å². The molecule has 0 aromatic heterocycles. The molecule has 0 aliphatic carbocycles. The van der Waals surface area contributed by atoms with E-state index < -0.39 is 8.07 Å². The Bertz CT molecular complexity index is 2270. The van der Waals surface area contributed by atoms with Gasteiger partial charge in [-0.15, -0.1) is 0 Å². The number of hydrogen-bond donors (Lipinski definition) is 0. The molecule has 0 spiro atoms. The van der Waals surface area contributed by atoms with Crippen molar-refractivity contribution in [3.63, 3.8) is 0 Å². The normalized spacial score (nSPS) is 13.6. The maximum absolute atomic E-state index is 2.64. The van der Waals surface area contributed by atoms with Crippen LogP contribution in [0.5, 0.6) is 0 Å². The molecule has 7 aromatic carbocycles. The van der Waals surface area contributed by atoms with Gasteiger partial charge < -0.3 is 0 Å². The molecule has 0 radical (unpaired) electrons. The Hall–Kier alpha value is -5.18. The lowest BCUT2D eigenvalue weighted by Crippen LogP contribution is -2.74. The zero-order chi connectivity index (χ0) is 31.8. The smallest absolute Gasteiger partial charge is 0.0623 e. The fourth-order valence-corrected chi connectivity index (χ4v) is 14.4. The van der Waals surface area contributed by atoms with E-state index in [1.54, 1.807) is 16.4 Å². The quantitative estimate of drug-likeness (QED) is 0.181. The molecule has 0 fully saturated rings. The van der Waals surface area contributed by atoms with E-state index in [1.807, 2.05) is 0 Å². The molecule has 0 amide bonds. The molecule has 10 rings (SSSR count). The first-order valence-electron chi connectivity index (χ1n) is 17.3. The summed E-state index contributed by atoms with van der Waals surface area (Å²) in [5, 5.41) is 5.68. The Morgan fingerprint density at radius 1 is 0.375 bits per heavy atom. The van der Waals surface area contributed by atoms with Gasteiger partial charge in [0, 0.05) is 0 Å². The average Bonchev–Trinajstić information content (AvgIpc) is 3.13. The van der Waals surface area contributed by atoms with Crippen LogP contribution >= 0.6 is 0 Å². The van der Waals surface area contributed by atoms with E-state index >= 15 is 0 Å². The molecule has 0 saturated heterocycles. The second-order valence-corrected chi connectivity index (χ2v) is 17.9. The van der Waals surface area contributed by atoms with E-state index in [1.165, 1.54) is 70.8 Å². The topological polar surface area (TPSA) is 0 Å². The monoisotopic (exact) mass is 626 g/mol. The summed E-state index contributed by atoms with van der Waals surface area (Å²) in [7, 11) is -2.64. The maximum atomic E-state index is 2.54. The van der Waals surface area contributed by atoms with E-state index in [9.17, 15) is 0 Å². The molecule has 3 aliphatic rings. The Morgan fingerprint density at radius 2 is 0.812 bits per heavy atom. The summed E-state index contributed by atoms with van der Waals surface area (Å²) < 4.78 is 0. The average molecular weight is 627 g/mol. The van der Waals surface area contributed by atoms with Gasteiger partial charge in [-0.05, 0) is 91.4 Å². The van der Waals surface area contributed by atoms with E-state index in [0.29, 0.717) is 6.71 Å². The third-order valence-electron chi connectivity index (χ3n) is 11.4. The third kappa shape index (κ3) is 4.02. The first-order valence-corrected chi connectivity index (χ1v) is 19.3. The summed E-state index contributed by atoms with van der Waals surface area (Å²) in [4.78, 5) is 0. The Balaban J connectivity index is 1.20. The minimum atomic E-state index is -2.64. The molecule has 0 saturated carbocycles. The van der Waals surface area contributed by atoms with Gasteiger partial charge in [-0.3, -0.25) is 0 Å². The molecule has 7 aromatic rings. The minimum absolute atomic E-state index is 0.376. The van der Waals surface area contributed by atoms with Crippen LogP contribution in [-0.4, -0.2) is 14.8 Å². The van der Waals surface area contributed by atoms with Crippen molar-refractivity contribution in [1.29, 1.82) is 0 Å². The number of benzene rings is 7. The molecule has 48 heavy (non-hydrogen) atoms. The van der Waals surface area contributed by atoms with Crippen molar-refractivity contribution in [2.75, 3.05) is 0 Å². The molecule has 0 nitrogen and oxygen atoms in total. The molecule has 0 atom stereocenters. The van der Waals surface area contributed by atoms with E-state index in [2.05, 4.69) is 165 Å². The Kier molecular flexibility index (Phi) is 6.20. The lowest BCUT2D eigenvalue weighted by atomic mass is 9.28. The second-order valence-electron chi connectivity index (χ2n) is 14.1. The highest BCUT2D eigenvalue weighted by atomic mass is 28.3. The summed E-state index contributed by atoms with van der Waals surface area (Å²) in [6.07, 6.45) is 3.10. The van der Waals surface area contributed by atoms with Crippen LogP contribution in [0.4, 0.5) is 0 Å². The van der Waals surface area contributed by atoms with E-state index in [-0.39, 0.29) is 0 Å². The Labute approximate surface area is 284 Å². The molecule has 3 heterocycles. The van der Waals surface area contributed by atoms with Crippen molar-refractivity contribution in [1.82, 2.24) is 0 Å². The fraction of sp³-hybridized carbons (Fsp3) is 0.0870. The molecular weight excluding hydrogens is 591 g/mol. The first kappa shape index (κ1) is 27.9. The first-order chi connectivity index (χ1) is 23.7. The van der Waals surface area contributed by atoms with Crippen molar-refractivity contribution in [3.8, 4) is 11.1 Å². The van der Waals surface area contributed by atoms with Crippen molar-refractivity contribution in [3.05, 3.63) is 197 Å². The highest BCUT2D eigenvalue weighted by molar-refractivity contribution is 7.20. The van der Waals surface area contributed by atoms with Gasteiger partial charge in [-0.1, -0.05) is 180 Å². The van der Waals surface area contributed by atoms with E-state index in [0.717, 1.165) is 19.3 Å². The fourth-order valence-electron chi connectivity index (χ4n) is 9.53. The number of rotatable bonds is 5. The van der Waals surface area contributed by atoms with Crippen LogP contribution in [0.2, 0.25) is 0 Å². The summed E-state index contributed by atoms with van der Waals surface area (Å²) >= 11 is 0. The molecule has 0 N–H and O–H groups in total. The van der Waals surface area contributed by atoms with E-state index in [4.69, 9.17) is 0 Å². The standard InChI is InChI=1S/C46H35BSi/c1-31-12-8-22-42(24-31)48(40-18-4-2-5-19-40,41-20-6-3-7-21-41)43-23-11-13-32(30-43)37-28-38-26-35-16-9-14-33-25-34-15-10-17-36-27-39(29-37)46(38)47(44(33)35)45(34)36/h2-24,28-30H,25-27H2,1H3. The summed E-state index contributed by atoms with van der Waals surface area (Å²) in [6, 6.07) is 60.6. The Morgan fingerprint density at radius 3 is 1.35 bits per heavy atom. The number of aryl methyl sites for hydroxylation is 1. The predicted molar refractivity (Wildman–Crippen MR) is 206 cm³/mol. The summed E-state index contributed by atoms with van der Waals surface area (Å²) in [5.74, 6) is 0. The largest absolute Gasteiger partial charge is 0.243 e. The van der Waals surface area contributed by atoms with Crippen LogP contribution in [0, 0.1) is 6.92 Å². The zero-order valence-electron chi connectivity index (χ0n) is 27.2. The second kappa shape index (κ2) is 10.7. The SMILES string of the molecule is Cc1cccc([Si](c2ccccc2)(c2ccccc2)c2cccc(-c3cc4c5c(c3)Cc3cccc6c3B5c3c(cccc3C4)C6)c2)c1. The zero-order valence-corrected chi connectivity index (χ0v) is 28.2. The van der Waals surface area contributed by atoms with Crippen LogP contribution in [0.15, 0.2) is 158 Å². The van der Waals surface area contributed by atoms with Crippen LogP contribution in [0.3, 0.4) is 0 Å². The van der Waals surface area contributed by atoms with Crippen LogP contribution in [-0.2, 0) is 19.3 Å². The van der Waals surface area contributed by atoms with Gasteiger partial charge in [-0.2, -0.15) is 0 Å². The highest BCUT2D eigenvalue weighted by Crippen LogP contribution is 2.32. The van der Waals surface area contributed by atoms with Crippen LogP contribution in [0.1, 0.15) is 38.9 Å². The van der Waals surface area contributed by atoms with Crippen LogP contribution in [0.25, 0.3) is 11.1 Å². The molecule has 3 aliphatic heterocycles. The van der Waals surface area contributed by atoms with Crippen molar-refractivity contribution in [2.45, 2.75) is 26.2 Å². The van der Waals surface area contributed by atoms with Crippen molar-refractivity contribution >= 4 is 51.9 Å². The van der Waals surface area contributed by atoms with Gasteiger partial charge >= 0.3 is 0 Å². The molecule has 0 bridgehead atoms. The molecule has 2 heteroatoms. The molecule has 0 unspecified atom stereocenters. The van der Waals surface area contributed by atoms with Crippen molar-refractivity contribution in [2.24, 2.45) is 0 Å². The third-order valence-corrected chi connectivity index (χ3v) is 16.2. The minimum Gasteiger partial charge on any atom is -0.0623 e. The van der Waals surface area contributed by atoms with Crippen LogP contribution < -0.4 is 37.1 Å². The number of hydrogen-bond acceptors (Lipinski definition) is 0. The lowest BCUT2D eigenvalue weighted by molar-refractivity contribution is 1.10. The van der Waals surface area contributed by atoms with Gasteiger partial charge in [-0.25, -0.2) is 0 Å².